The number of hydrogen-bond donors (Lipinski definition) is 1. The van der Waals surface area contributed by atoms with Crippen LogP contribution in [0.1, 0.15) is 39.0 Å². The lowest BCUT2D eigenvalue weighted by atomic mass is 9.89. The van der Waals surface area contributed by atoms with Crippen LogP contribution >= 0.6 is 0 Å². The van der Waals surface area contributed by atoms with Crippen LogP contribution in [0.5, 0.6) is 0 Å². The number of nitrogens with two attached hydrogens (primary N) is 1. The Morgan fingerprint density at radius 2 is 2.13 bits per heavy atom. The van der Waals surface area contributed by atoms with Gasteiger partial charge in [0, 0.05) is 6.42 Å². The minimum Gasteiger partial charge on any atom is -0.461 e. The van der Waals surface area contributed by atoms with E-state index in [9.17, 15) is 4.79 Å². The van der Waals surface area contributed by atoms with E-state index < -0.39 is 6.04 Å². The molecule has 0 saturated heterocycles. The van der Waals surface area contributed by atoms with Crippen molar-refractivity contribution in [2.75, 3.05) is 0 Å². The number of carbonyl (C=O) groups is 1. The maximum Gasteiger partial charge on any atom is 0.324 e. The molecule has 84 valence electrons. The van der Waals surface area contributed by atoms with Gasteiger partial charge in [-0.1, -0.05) is 6.92 Å². The summed E-state index contributed by atoms with van der Waals surface area (Å²) in [5.41, 5.74) is 5.56. The first-order valence-corrected chi connectivity index (χ1v) is 5.53. The molecule has 0 aromatic heterocycles. The van der Waals surface area contributed by atoms with E-state index >= 15 is 0 Å². The highest BCUT2D eigenvalue weighted by atomic mass is 16.5. The van der Waals surface area contributed by atoms with Gasteiger partial charge in [0.15, 0.2) is 0 Å². The van der Waals surface area contributed by atoms with Gasteiger partial charge in [0.2, 0.25) is 0 Å². The average molecular weight is 209 g/mol. The Kier molecular flexibility index (Phi) is 4.64. The highest BCUT2D eigenvalue weighted by Gasteiger charge is 2.23. The number of terminal acetylenes is 1. The van der Waals surface area contributed by atoms with Crippen LogP contribution in [-0.2, 0) is 9.53 Å². The zero-order valence-corrected chi connectivity index (χ0v) is 9.24. The predicted octanol–water partition coefficient (Wildman–Crippen LogP) is 1.46. The lowest BCUT2D eigenvalue weighted by molar-refractivity contribution is -0.152. The SMILES string of the molecule is C#CCC(N)C(=O)OC1CCC(C)CC1. The summed E-state index contributed by atoms with van der Waals surface area (Å²) < 4.78 is 5.29. The predicted molar refractivity (Wildman–Crippen MR) is 58.9 cm³/mol. The summed E-state index contributed by atoms with van der Waals surface area (Å²) in [5.74, 6) is 2.76. The van der Waals surface area contributed by atoms with Gasteiger partial charge in [-0.25, -0.2) is 0 Å². The van der Waals surface area contributed by atoms with Crippen molar-refractivity contribution in [3.8, 4) is 12.3 Å². The fraction of sp³-hybridized carbons (Fsp3) is 0.750. The summed E-state index contributed by atoms with van der Waals surface area (Å²) >= 11 is 0. The van der Waals surface area contributed by atoms with Crippen molar-refractivity contribution in [1.29, 1.82) is 0 Å². The molecule has 0 spiro atoms. The summed E-state index contributed by atoms with van der Waals surface area (Å²) in [6.45, 7) is 2.22. The van der Waals surface area contributed by atoms with Gasteiger partial charge in [0.1, 0.15) is 12.1 Å². The summed E-state index contributed by atoms with van der Waals surface area (Å²) in [6.07, 6.45) is 9.55. The van der Waals surface area contributed by atoms with E-state index in [1.807, 2.05) is 0 Å². The molecule has 2 N–H and O–H groups in total. The van der Waals surface area contributed by atoms with E-state index in [4.69, 9.17) is 16.9 Å². The Morgan fingerprint density at radius 1 is 1.53 bits per heavy atom. The lowest BCUT2D eigenvalue weighted by Gasteiger charge is -2.26. The van der Waals surface area contributed by atoms with E-state index in [-0.39, 0.29) is 18.5 Å². The van der Waals surface area contributed by atoms with Gasteiger partial charge in [-0.2, -0.15) is 0 Å². The molecular weight excluding hydrogens is 190 g/mol. The number of carbonyl (C=O) groups excluding carboxylic acids is 1. The zero-order valence-electron chi connectivity index (χ0n) is 9.24. The van der Waals surface area contributed by atoms with Crippen molar-refractivity contribution in [3.63, 3.8) is 0 Å². The van der Waals surface area contributed by atoms with Gasteiger partial charge in [-0.05, 0) is 31.6 Å². The standard InChI is InChI=1S/C12H19NO2/c1-3-4-11(13)12(14)15-10-7-5-9(2)6-8-10/h1,9-11H,4-8,13H2,2H3. The lowest BCUT2D eigenvalue weighted by Crippen LogP contribution is -2.35. The average Bonchev–Trinajstić information content (AvgIpc) is 2.22. The van der Waals surface area contributed by atoms with Crippen molar-refractivity contribution in [1.82, 2.24) is 0 Å². The van der Waals surface area contributed by atoms with Gasteiger partial charge < -0.3 is 10.5 Å². The molecule has 0 aromatic carbocycles. The minimum atomic E-state index is -0.658. The maximum atomic E-state index is 11.4. The highest BCUT2D eigenvalue weighted by Crippen LogP contribution is 2.25. The first kappa shape index (κ1) is 12.1. The van der Waals surface area contributed by atoms with Crippen molar-refractivity contribution in [2.24, 2.45) is 11.7 Å². The Hall–Kier alpha value is -1.01. The number of rotatable bonds is 3. The molecule has 1 fully saturated rings. The van der Waals surface area contributed by atoms with E-state index in [0.29, 0.717) is 0 Å². The van der Waals surface area contributed by atoms with E-state index in [0.717, 1.165) is 31.6 Å². The third-order valence-electron chi connectivity index (χ3n) is 2.89. The summed E-state index contributed by atoms with van der Waals surface area (Å²) in [6, 6.07) is -0.658. The molecule has 0 radical (unpaired) electrons. The number of hydrogen-bond acceptors (Lipinski definition) is 3. The second-order valence-corrected chi connectivity index (χ2v) is 4.33. The fourth-order valence-electron chi connectivity index (χ4n) is 1.81. The van der Waals surface area contributed by atoms with Gasteiger partial charge in [-0.15, -0.1) is 12.3 Å². The van der Waals surface area contributed by atoms with Crippen molar-refractivity contribution in [2.45, 2.75) is 51.2 Å². The van der Waals surface area contributed by atoms with Gasteiger partial charge >= 0.3 is 5.97 Å². The van der Waals surface area contributed by atoms with Crippen molar-refractivity contribution < 1.29 is 9.53 Å². The van der Waals surface area contributed by atoms with Crippen molar-refractivity contribution in [3.05, 3.63) is 0 Å². The van der Waals surface area contributed by atoms with Crippen LogP contribution in [0.3, 0.4) is 0 Å². The molecule has 0 amide bonds. The topological polar surface area (TPSA) is 52.3 Å². The molecule has 3 nitrogen and oxygen atoms in total. The first-order chi connectivity index (χ1) is 7.13. The van der Waals surface area contributed by atoms with Crippen LogP contribution in [0.15, 0.2) is 0 Å². The normalized spacial score (nSPS) is 27.8. The molecule has 0 aliphatic heterocycles. The van der Waals surface area contributed by atoms with E-state index in [1.165, 1.54) is 0 Å². The van der Waals surface area contributed by atoms with E-state index in [2.05, 4.69) is 12.8 Å². The molecule has 0 heterocycles. The molecule has 0 aromatic rings. The quantitative estimate of drug-likeness (QED) is 0.565. The molecule has 1 saturated carbocycles. The highest BCUT2D eigenvalue weighted by molar-refractivity contribution is 5.76. The van der Waals surface area contributed by atoms with Crippen LogP contribution in [0.25, 0.3) is 0 Å². The molecule has 1 aliphatic carbocycles. The Labute approximate surface area is 91.4 Å². The summed E-state index contributed by atoms with van der Waals surface area (Å²) in [5, 5.41) is 0. The van der Waals surface area contributed by atoms with Crippen LogP contribution in [0.2, 0.25) is 0 Å². The van der Waals surface area contributed by atoms with Crippen LogP contribution in [0.4, 0.5) is 0 Å². The Morgan fingerprint density at radius 3 is 2.67 bits per heavy atom. The second kappa shape index (κ2) is 5.77. The van der Waals surface area contributed by atoms with Gasteiger partial charge in [0.05, 0.1) is 0 Å². The Balaban J connectivity index is 2.29. The van der Waals surface area contributed by atoms with Crippen LogP contribution < -0.4 is 5.73 Å². The largest absolute Gasteiger partial charge is 0.461 e. The fourth-order valence-corrected chi connectivity index (χ4v) is 1.81. The molecule has 1 aliphatic rings. The smallest absolute Gasteiger partial charge is 0.324 e. The molecule has 3 heteroatoms. The monoisotopic (exact) mass is 209 g/mol. The molecule has 1 atom stereocenters. The first-order valence-electron chi connectivity index (χ1n) is 5.53. The third kappa shape index (κ3) is 3.93. The van der Waals surface area contributed by atoms with E-state index in [1.54, 1.807) is 0 Å². The minimum absolute atomic E-state index is 0.0533. The third-order valence-corrected chi connectivity index (χ3v) is 2.89. The van der Waals surface area contributed by atoms with Crippen LogP contribution in [0, 0.1) is 18.3 Å². The molecule has 15 heavy (non-hydrogen) atoms. The number of esters is 1. The molecule has 0 bridgehead atoms. The number of ether oxygens (including phenoxy) is 1. The summed E-state index contributed by atoms with van der Waals surface area (Å²) in [4.78, 5) is 11.4. The molecular formula is C12H19NO2. The van der Waals surface area contributed by atoms with Crippen LogP contribution in [-0.4, -0.2) is 18.1 Å². The van der Waals surface area contributed by atoms with Gasteiger partial charge in [0.25, 0.3) is 0 Å². The Bertz CT molecular complexity index is 249. The second-order valence-electron chi connectivity index (χ2n) is 4.33. The maximum absolute atomic E-state index is 11.4. The van der Waals surface area contributed by atoms with Gasteiger partial charge in [-0.3, -0.25) is 4.79 Å². The zero-order chi connectivity index (χ0) is 11.3. The van der Waals surface area contributed by atoms with Crippen molar-refractivity contribution >= 4 is 5.97 Å². The molecule has 1 unspecified atom stereocenters. The summed E-state index contributed by atoms with van der Waals surface area (Å²) in [7, 11) is 0. The molecule has 1 rings (SSSR count).